The van der Waals surface area contributed by atoms with Crippen molar-refractivity contribution in [2.75, 3.05) is 0 Å². The van der Waals surface area contributed by atoms with Gasteiger partial charge in [-0.15, -0.1) is 0 Å². The van der Waals surface area contributed by atoms with Gasteiger partial charge in [-0.25, -0.2) is 0 Å². The van der Waals surface area contributed by atoms with Crippen LogP contribution in [0.25, 0.3) is 5.69 Å². The molecule has 4 saturated carbocycles. The van der Waals surface area contributed by atoms with E-state index in [9.17, 15) is 10.1 Å². The van der Waals surface area contributed by atoms with Crippen LogP contribution in [-0.2, 0) is 5.41 Å². The summed E-state index contributed by atoms with van der Waals surface area (Å²) in [6.45, 7) is 4.11. The zero-order valence-electron chi connectivity index (χ0n) is 19.9. The second kappa shape index (κ2) is 7.93. The van der Waals surface area contributed by atoms with Gasteiger partial charge in [0.1, 0.15) is 0 Å². The van der Waals surface area contributed by atoms with Gasteiger partial charge in [-0.2, -0.15) is 0 Å². The molecule has 0 N–H and O–H groups in total. The summed E-state index contributed by atoms with van der Waals surface area (Å²) in [5, 5.41) is 11.0. The Hall–Kier alpha value is -3.21. The molecule has 4 fully saturated rings. The number of aromatic nitrogens is 1. The third-order valence-corrected chi connectivity index (χ3v) is 8.66. The highest BCUT2D eigenvalue weighted by Crippen LogP contribution is 2.60. The molecule has 0 unspecified atom stereocenters. The van der Waals surface area contributed by atoms with Crippen molar-refractivity contribution in [2.45, 2.75) is 57.8 Å². The Bertz CT molecular complexity index is 1230. The van der Waals surface area contributed by atoms with Crippen molar-refractivity contribution in [1.82, 2.24) is 4.57 Å². The molecule has 0 spiro atoms. The summed E-state index contributed by atoms with van der Waals surface area (Å²) >= 11 is 0. The topological polar surface area (TPSA) is 60.4 Å². The van der Waals surface area contributed by atoms with E-state index in [-0.39, 0.29) is 10.6 Å². The lowest BCUT2D eigenvalue weighted by Crippen LogP contribution is -2.48. The molecule has 1 aromatic heterocycles. The molecule has 0 aliphatic heterocycles. The summed E-state index contributed by atoms with van der Waals surface area (Å²) in [6, 6.07) is 17.8. The molecule has 5 nitrogen and oxygen atoms in total. The largest absolute Gasteiger partial charge is 0.318 e. The van der Waals surface area contributed by atoms with E-state index >= 15 is 0 Å². The second-order valence-corrected chi connectivity index (χ2v) is 10.9. The number of hydrogen-bond donors (Lipinski definition) is 0. The molecule has 0 radical (unpaired) electrons. The summed E-state index contributed by atoms with van der Waals surface area (Å²) in [7, 11) is 0. The second-order valence-electron chi connectivity index (χ2n) is 10.9. The lowest BCUT2D eigenvalue weighted by Gasteiger charge is -2.57. The van der Waals surface area contributed by atoms with Gasteiger partial charge in [-0.05, 0) is 111 Å². The molecule has 0 amide bonds. The van der Waals surface area contributed by atoms with Crippen molar-refractivity contribution in [2.24, 2.45) is 22.7 Å². The lowest BCUT2D eigenvalue weighted by atomic mass is 9.48. The zero-order chi connectivity index (χ0) is 23.4. The molecule has 7 rings (SSSR count). The highest BCUT2D eigenvalue weighted by molar-refractivity contribution is 5.84. The summed E-state index contributed by atoms with van der Waals surface area (Å²) in [6.07, 6.45) is 10.5. The number of non-ortho nitro benzene ring substituents is 1. The van der Waals surface area contributed by atoms with Crippen LogP contribution in [0.2, 0.25) is 0 Å². The van der Waals surface area contributed by atoms with E-state index in [0.717, 1.165) is 46.1 Å². The van der Waals surface area contributed by atoms with E-state index in [1.165, 1.54) is 44.1 Å². The Balaban J connectivity index is 1.22. The number of rotatable bonds is 5. The fourth-order valence-electron chi connectivity index (χ4n) is 7.55. The lowest BCUT2D eigenvalue weighted by molar-refractivity contribution is -0.384. The maximum Gasteiger partial charge on any atom is 0.269 e. The maximum atomic E-state index is 11.0. The molecule has 4 aliphatic carbocycles. The van der Waals surface area contributed by atoms with Gasteiger partial charge in [-0.1, -0.05) is 12.1 Å². The van der Waals surface area contributed by atoms with Crippen LogP contribution >= 0.6 is 0 Å². The first-order valence-electron chi connectivity index (χ1n) is 12.5. The SMILES string of the molecule is Cc1cc(C=Nc2ccc(C34CC5CC(CC(C5)C3)C4)cc2)c(C)n1-c1ccc([N+](=O)[O-])cc1. The minimum absolute atomic E-state index is 0.102. The number of aliphatic imine (C=N–C) groups is 1. The number of nitrogens with zero attached hydrogens (tertiary/aromatic N) is 3. The zero-order valence-corrected chi connectivity index (χ0v) is 19.9. The van der Waals surface area contributed by atoms with E-state index in [2.05, 4.69) is 41.8 Å². The van der Waals surface area contributed by atoms with Crippen molar-refractivity contribution < 1.29 is 4.92 Å². The molecule has 3 aromatic rings. The fraction of sp³-hybridized carbons (Fsp3) is 0.414. The van der Waals surface area contributed by atoms with E-state index in [4.69, 9.17) is 4.99 Å². The van der Waals surface area contributed by atoms with Crippen molar-refractivity contribution >= 4 is 17.6 Å². The Kier molecular flexibility index (Phi) is 4.98. The van der Waals surface area contributed by atoms with E-state index in [1.807, 2.05) is 13.1 Å². The summed E-state index contributed by atoms with van der Waals surface area (Å²) in [4.78, 5) is 15.4. The number of nitro benzene ring substituents is 1. The molecule has 34 heavy (non-hydrogen) atoms. The van der Waals surface area contributed by atoms with Gasteiger partial charge in [0.2, 0.25) is 0 Å². The molecule has 0 atom stereocenters. The Labute approximate surface area is 200 Å². The molecular formula is C29H31N3O2. The fourth-order valence-corrected chi connectivity index (χ4v) is 7.55. The Morgan fingerprint density at radius 3 is 2.09 bits per heavy atom. The Morgan fingerprint density at radius 2 is 1.53 bits per heavy atom. The molecule has 174 valence electrons. The van der Waals surface area contributed by atoms with Crippen LogP contribution in [0.4, 0.5) is 11.4 Å². The van der Waals surface area contributed by atoms with Crippen LogP contribution in [0.5, 0.6) is 0 Å². The first kappa shape index (κ1) is 21.3. The minimum Gasteiger partial charge on any atom is -0.318 e. The van der Waals surface area contributed by atoms with E-state index in [1.54, 1.807) is 24.3 Å². The molecule has 1 heterocycles. The van der Waals surface area contributed by atoms with Gasteiger partial charge in [-0.3, -0.25) is 15.1 Å². The standard InChI is InChI=1S/C29H31N3O2/c1-19-11-24(20(2)31(19)27-7-9-28(10-8-27)32(33)34)18-30-26-5-3-25(4-6-26)29-15-21-12-22(16-29)14-23(13-21)17-29/h3-11,18,21-23H,12-17H2,1-2H3. The van der Waals surface area contributed by atoms with Crippen molar-refractivity contribution in [3.05, 3.63) is 87.2 Å². The van der Waals surface area contributed by atoms with Gasteiger partial charge in [0, 0.05) is 41.0 Å². The average Bonchev–Trinajstić information content (AvgIpc) is 3.10. The molecule has 2 aromatic carbocycles. The third-order valence-electron chi connectivity index (χ3n) is 8.66. The number of benzene rings is 2. The van der Waals surface area contributed by atoms with Gasteiger partial charge in [0.25, 0.3) is 5.69 Å². The highest BCUT2D eigenvalue weighted by Gasteiger charge is 2.51. The molecular weight excluding hydrogens is 422 g/mol. The van der Waals surface area contributed by atoms with Gasteiger partial charge < -0.3 is 4.57 Å². The van der Waals surface area contributed by atoms with Crippen molar-refractivity contribution in [3.8, 4) is 5.69 Å². The summed E-state index contributed by atoms with van der Waals surface area (Å²) < 4.78 is 2.11. The number of aryl methyl sites for hydroxylation is 1. The van der Waals surface area contributed by atoms with Gasteiger partial charge >= 0.3 is 0 Å². The van der Waals surface area contributed by atoms with Crippen LogP contribution < -0.4 is 0 Å². The molecule has 4 bridgehead atoms. The molecule has 4 aliphatic rings. The highest BCUT2D eigenvalue weighted by atomic mass is 16.6. The van der Waals surface area contributed by atoms with E-state index < -0.39 is 0 Å². The van der Waals surface area contributed by atoms with Gasteiger partial charge in [0.05, 0.1) is 10.6 Å². The number of hydrogen-bond acceptors (Lipinski definition) is 3. The van der Waals surface area contributed by atoms with Crippen LogP contribution in [0.1, 0.15) is 61.0 Å². The minimum atomic E-state index is -0.369. The van der Waals surface area contributed by atoms with Crippen molar-refractivity contribution in [3.63, 3.8) is 0 Å². The predicted octanol–water partition coefficient (Wildman–Crippen LogP) is 7.22. The third kappa shape index (κ3) is 3.58. The number of nitro groups is 1. The Morgan fingerprint density at radius 1 is 0.941 bits per heavy atom. The van der Waals surface area contributed by atoms with Crippen LogP contribution in [0.15, 0.2) is 59.6 Å². The molecule has 5 heteroatoms. The quantitative estimate of drug-likeness (QED) is 0.233. The van der Waals surface area contributed by atoms with Gasteiger partial charge in [0.15, 0.2) is 0 Å². The summed E-state index contributed by atoms with van der Waals surface area (Å²) in [5.74, 6) is 2.86. The maximum absolute atomic E-state index is 11.0. The van der Waals surface area contributed by atoms with Crippen LogP contribution in [-0.4, -0.2) is 15.7 Å². The normalized spacial score (nSPS) is 27.5. The first-order chi connectivity index (χ1) is 16.4. The van der Waals surface area contributed by atoms with Crippen molar-refractivity contribution in [1.29, 1.82) is 0 Å². The monoisotopic (exact) mass is 453 g/mol. The first-order valence-corrected chi connectivity index (χ1v) is 12.5. The summed E-state index contributed by atoms with van der Waals surface area (Å²) in [5.41, 5.74) is 7.15. The predicted molar refractivity (Wildman–Crippen MR) is 135 cm³/mol. The van der Waals surface area contributed by atoms with E-state index in [0.29, 0.717) is 5.41 Å². The van der Waals surface area contributed by atoms with Crippen LogP contribution in [0.3, 0.4) is 0 Å². The average molecular weight is 454 g/mol. The van der Waals surface area contributed by atoms with Crippen LogP contribution in [0, 0.1) is 41.7 Å². The smallest absolute Gasteiger partial charge is 0.269 e. The molecule has 0 saturated heterocycles.